The first-order chi connectivity index (χ1) is 15.6. The number of carbonyl (C=O) groups is 1. The molecule has 7 nitrogen and oxygen atoms in total. The second-order valence-electron chi connectivity index (χ2n) is 9.30. The molecule has 2 atom stereocenters. The van der Waals surface area contributed by atoms with Gasteiger partial charge in [-0.2, -0.15) is 18.7 Å². The zero-order valence-electron chi connectivity index (χ0n) is 19.9. The number of ether oxygens (including phenoxy) is 1. The molecule has 1 fully saturated rings. The maximum Gasteiger partial charge on any atom is 0.410 e. The summed E-state index contributed by atoms with van der Waals surface area (Å²) in [5.74, 6) is -1.91. The predicted molar refractivity (Wildman–Crippen MR) is 123 cm³/mol. The van der Waals surface area contributed by atoms with Crippen LogP contribution in [-0.2, 0) is 4.74 Å². The highest BCUT2D eigenvalue weighted by Gasteiger charge is 2.29. The van der Waals surface area contributed by atoms with E-state index in [1.54, 1.807) is 4.90 Å². The van der Waals surface area contributed by atoms with E-state index in [0.717, 1.165) is 25.1 Å². The monoisotopic (exact) mass is 461 g/mol. The van der Waals surface area contributed by atoms with Crippen LogP contribution in [0.2, 0.25) is 0 Å². The van der Waals surface area contributed by atoms with E-state index < -0.39 is 17.5 Å². The van der Waals surface area contributed by atoms with Crippen molar-refractivity contribution >= 4 is 12.0 Å². The fraction of sp³-hybridized carbons (Fsp3) is 0.542. The molecule has 1 aliphatic heterocycles. The molecule has 9 heteroatoms. The molecule has 180 valence electrons. The van der Waals surface area contributed by atoms with Gasteiger partial charge in [-0.15, -0.1) is 0 Å². The predicted octanol–water partition coefficient (Wildman–Crippen LogP) is 4.93. The Bertz CT molecular complexity index is 921. The summed E-state index contributed by atoms with van der Waals surface area (Å²) in [5, 5.41) is 2.94. The maximum absolute atomic E-state index is 13.3. The zero-order chi connectivity index (χ0) is 24.2. The van der Waals surface area contributed by atoms with Crippen LogP contribution in [0.5, 0.6) is 0 Å². The summed E-state index contributed by atoms with van der Waals surface area (Å²) in [6.07, 6.45) is 0.680. The number of benzene rings is 1. The largest absolute Gasteiger partial charge is 0.444 e. The van der Waals surface area contributed by atoms with Crippen LogP contribution >= 0.6 is 0 Å². The Morgan fingerprint density at radius 1 is 1.06 bits per heavy atom. The molecule has 0 saturated carbocycles. The van der Waals surface area contributed by atoms with Crippen molar-refractivity contribution in [3.05, 3.63) is 53.4 Å². The van der Waals surface area contributed by atoms with E-state index in [-0.39, 0.29) is 24.1 Å². The second-order valence-corrected chi connectivity index (χ2v) is 9.30. The Kier molecular flexibility index (Phi) is 7.84. The van der Waals surface area contributed by atoms with Gasteiger partial charge in [-0.3, -0.25) is 4.90 Å². The Balaban J connectivity index is 1.60. The maximum atomic E-state index is 13.3. The van der Waals surface area contributed by atoms with E-state index >= 15 is 0 Å². The number of hydrogen-bond donors (Lipinski definition) is 1. The number of nitrogens with one attached hydrogen (secondary N) is 1. The first kappa shape index (κ1) is 24.8. The molecule has 2 aromatic rings. The van der Waals surface area contributed by atoms with Crippen LogP contribution in [0, 0.1) is 11.9 Å². The van der Waals surface area contributed by atoms with Crippen LogP contribution in [0.3, 0.4) is 0 Å². The Morgan fingerprint density at radius 3 is 2.12 bits per heavy atom. The van der Waals surface area contributed by atoms with Gasteiger partial charge in [0.2, 0.25) is 17.8 Å². The van der Waals surface area contributed by atoms with Crippen molar-refractivity contribution in [2.24, 2.45) is 0 Å². The fourth-order valence-electron chi connectivity index (χ4n) is 3.99. The highest BCUT2D eigenvalue weighted by atomic mass is 19.1. The molecule has 1 N–H and O–H groups in total. The summed E-state index contributed by atoms with van der Waals surface area (Å²) in [5.41, 5.74) is 1.65. The van der Waals surface area contributed by atoms with E-state index in [0.29, 0.717) is 19.2 Å². The molecule has 0 spiro atoms. The lowest BCUT2D eigenvalue weighted by molar-refractivity contribution is 0.00998. The van der Waals surface area contributed by atoms with Gasteiger partial charge < -0.3 is 15.0 Å². The van der Waals surface area contributed by atoms with Crippen molar-refractivity contribution in [1.82, 2.24) is 19.8 Å². The summed E-state index contributed by atoms with van der Waals surface area (Å²) in [4.78, 5) is 23.7. The first-order valence-electron chi connectivity index (χ1n) is 11.3. The topological polar surface area (TPSA) is 70.6 Å². The molecule has 0 radical (unpaired) electrons. The van der Waals surface area contributed by atoms with Gasteiger partial charge in [0.1, 0.15) is 5.60 Å². The minimum absolute atomic E-state index is 0.0848. The molecule has 1 aliphatic rings. The molecule has 1 aromatic carbocycles. The number of rotatable bonds is 6. The third-order valence-electron chi connectivity index (χ3n) is 5.62. The van der Waals surface area contributed by atoms with Crippen LogP contribution in [0.1, 0.15) is 64.3 Å². The zero-order valence-corrected chi connectivity index (χ0v) is 19.9. The quantitative estimate of drug-likeness (QED) is 0.615. The fourth-order valence-corrected chi connectivity index (χ4v) is 3.99. The summed E-state index contributed by atoms with van der Waals surface area (Å²) in [7, 11) is 0. The number of hydrogen-bond acceptors (Lipinski definition) is 6. The molecule has 1 amide bonds. The lowest BCUT2D eigenvalue weighted by atomic mass is 9.98. The van der Waals surface area contributed by atoms with Crippen LogP contribution < -0.4 is 5.32 Å². The van der Waals surface area contributed by atoms with E-state index in [1.807, 2.05) is 39.8 Å². The summed E-state index contributed by atoms with van der Waals surface area (Å²) in [6.45, 7) is 12.5. The van der Waals surface area contributed by atoms with E-state index in [1.165, 1.54) is 5.56 Å². The lowest BCUT2D eigenvalue weighted by Gasteiger charge is -2.39. The van der Waals surface area contributed by atoms with Crippen LogP contribution in [-0.4, -0.2) is 57.6 Å². The molecule has 3 rings (SSSR count). The molecule has 1 unspecified atom stereocenters. The third kappa shape index (κ3) is 6.83. The molecule has 33 heavy (non-hydrogen) atoms. The summed E-state index contributed by atoms with van der Waals surface area (Å²) >= 11 is 0. The normalized spacial score (nSPS) is 16.9. The highest BCUT2D eigenvalue weighted by Crippen LogP contribution is 2.27. The average molecular weight is 462 g/mol. The van der Waals surface area contributed by atoms with Gasteiger partial charge in [0.15, 0.2) is 0 Å². The van der Waals surface area contributed by atoms with Gasteiger partial charge in [-0.05, 0) is 45.2 Å². The second kappa shape index (κ2) is 10.4. The van der Waals surface area contributed by atoms with Gasteiger partial charge >= 0.3 is 6.09 Å². The molecular weight excluding hydrogens is 428 g/mol. The van der Waals surface area contributed by atoms with Crippen molar-refractivity contribution < 1.29 is 18.3 Å². The third-order valence-corrected chi connectivity index (χ3v) is 5.62. The van der Waals surface area contributed by atoms with E-state index in [2.05, 4.69) is 39.2 Å². The highest BCUT2D eigenvalue weighted by molar-refractivity contribution is 5.68. The number of aromatic nitrogens is 2. The minimum atomic E-state index is -0.912. The number of carbonyl (C=O) groups excluding carboxylic acids is 1. The molecule has 1 saturated heterocycles. The van der Waals surface area contributed by atoms with Crippen LogP contribution in [0.15, 0.2) is 30.3 Å². The average Bonchev–Trinajstić information content (AvgIpc) is 2.73. The van der Waals surface area contributed by atoms with Gasteiger partial charge in [0, 0.05) is 38.3 Å². The van der Waals surface area contributed by atoms with E-state index in [9.17, 15) is 13.6 Å². The number of amides is 1. The smallest absolute Gasteiger partial charge is 0.410 e. The molecule has 1 aromatic heterocycles. The molecular formula is C24H33F2N5O2. The van der Waals surface area contributed by atoms with Crippen molar-refractivity contribution in [3.8, 4) is 0 Å². The molecule has 0 bridgehead atoms. The Hall–Kier alpha value is -2.81. The molecule has 2 heterocycles. The number of nitrogens with zero attached hydrogens (tertiary/aromatic N) is 4. The van der Waals surface area contributed by atoms with Crippen molar-refractivity contribution in [1.29, 1.82) is 0 Å². The van der Waals surface area contributed by atoms with Gasteiger partial charge in [0.05, 0.1) is 6.04 Å². The lowest BCUT2D eigenvalue weighted by Crippen LogP contribution is -2.50. The minimum Gasteiger partial charge on any atom is -0.444 e. The Morgan fingerprint density at radius 2 is 1.61 bits per heavy atom. The summed E-state index contributed by atoms with van der Waals surface area (Å²) < 4.78 is 32.1. The summed E-state index contributed by atoms with van der Waals surface area (Å²) in [6, 6.07) is 8.82. The van der Waals surface area contributed by atoms with E-state index in [4.69, 9.17) is 4.74 Å². The van der Waals surface area contributed by atoms with Crippen molar-refractivity contribution in [3.63, 3.8) is 0 Å². The number of anilines is 1. The van der Waals surface area contributed by atoms with Crippen LogP contribution in [0.4, 0.5) is 19.5 Å². The van der Waals surface area contributed by atoms with Gasteiger partial charge in [-0.1, -0.05) is 31.2 Å². The van der Waals surface area contributed by atoms with Crippen molar-refractivity contribution in [2.45, 2.75) is 58.7 Å². The van der Waals surface area contributed by atoms with Gasteiger partial charge in [0.25, 0.3) is 0 Å². The SMILES string of the molecule is CCC(c1ccc([C@H](C)Nc2nc(F)cc(F)n2)cc1)N1CCN(C(=O)OC(C)(C)C)CC1. The Labute approximate surface area is 194 Å². The first-order valence-corrected chi connectivity index (χ1v) is 11.3. The van der Waals surface area contributed by atoms with Crippen molar-refractivity contribution in [2.75, 3.05) is 31.5 Å². The van der Waals surface area contributed by atoms with Gasteiger partial charge in [-0.25, -0.2) is 4.79 Å². The standard InChI is InChI=1S/C24H33F2N5O2/c1-6-19(30-11-13-31(14-12-30)23(32)33-24(3,4)5)18-9-7-17(8-10-18)16(2)27-22-28-20(25)15-21(26)29-22/h7-10,15-16,19H,6,11-14H2,1-5H3,(H,27,28,29)/t16-,19?/m0/s1. The van der Waals surface area contributed by atoms with Crippen LogP contribution in [0.25, 0.3) is 0 Å². The molecule has 0 aliphatic carbocycles. The number of halogens is 2. The number of piperazine rings is 1.